The molecular formula is C29H26FN3O6S. The SMILES string of the molecule is CCOC(=O)c1ccc(-c2ccc(/C=N\NC(=O)CN(c3ccc(C)cc3)S(=O)(=O)c3ccc(F)cc3)o2)cc1. The van der Waals surface area contributed by atoms with Crippen LogP contribution in [0.2, 0.25) is 0 Å². The highest BCUT2D eigenvalue weighted by Crippen LogP contribution is 2.25. The van der Waals surface area contributed by atoms with Gasteiger partial charge in [-0.3, -0.25) is 9.10 Å². The summed E-state index contributed by atoms with van der Waals surface area (Å²) < 4.78 is 51.7. The van der Waals surface area contributed by atoms with Gasteiger partial charge in [0.15, 0.2) is 0 Å². The van der Waals surface area contributed by atoms with Crippen molar-refractivity contribution in [2.75, 3.05) is 17.5 Å². The van der Waals surface area contributed by atoms with Crippen molar-refractivity contribution >= 4 is 33.8 Å². The summed E-state index contributed by atoms with van der Waals surface area (Å²) in [5, 5.41) is 3.88. The third kappa shape index (κ3) is 6.80. The molecule has 4 rings (SSSR count). The predicted molar refractivity (Wildman–Crippen MR) is 148 cm³/mol. The van der Waals surface area contributed by atoms with Crippen LogP contribution in [0.25, 0.3) is 11.3 Å². The first kappa shape index (κ1) is 28.2. The number of aryl methyl sites for hydroxylation is 1. The van der Waals surface area contributed by atoms with Crippen LogP contribution in [0, 0.1) is 12.7 Å². The number of anilines is 1. The minimum atomic E-state index is -4.19. The summed E-state index contributed by atoms with van der Waals surface area (Å²) in [7, 11) is -4.19. The van der Waals surface area contributed by atoms with E-state index in [1.54, 1.807) is 67.6 Å². The number of ether oxygens (including phenoxy) is 1. The number of nitrogens with one attached hydrogen (secondary N) is 1. The molecule has 4 aromatic rings. The largest absolute Gasteiger partial charge is 0.462 e. The number of hydrogen-bond acceptors (Lipinski definition) is 7. The molecule has 0 saturated heterocycles. The van der Waals surface area contributed by atoms with Crippen molar-refractivity contribution in [3.05, 3.63) is 108 Å². The van der Waals surface area contributed by atoms with E-state index in [1.807, 2.05) is 6.92 Å². The maximum Gasteiger partial charge on any atom is 0.338 e. The molecule has 1 heterocycles. The Labute approximate surface area is 230 Å². The highest BCUT2D eigenvalue weighted by atomic mass is 32.2. The molecule has 0 fully saturated rings. The zero-order valence-electron chi connectivity index (χ0n) is 21.7. The van der Waals surface area contributed by atoms with Gasteiger partial charge in [0.1, 0.15) is 23.9 Å². The second-order valence-electron chi connectivity index (χ2n) is 8.59. The van der Waals surface area contributed by atoms with Gasteiger partial charge in [-0.15, -0.1) is 0 Å². The van der Waals surface area contributed by atoms with E-state index in [0.29, 0.717) is 17.1 Å². The third-order valence-corrected chi connectivity index (χ3v) is 7.49. The number of nitrogens with zero attached hydrogens (tertiary/aromatic N) is 2. The van der Waals surface area contributed by atoms with E-state index in [1.165, 1.54) is 6.21 Å². The summed E-state index contributed by atoms with van der Waals surface area (Å²) >= 11 is 0. The smallest absolute Gasteiger partial charge is 0.338 e. The van der Waals surface area contributed by atoms with E-state index >= 15 is 0 Å². The zero-order valence-corrected chi connectivity index (χ0v) is 22.5. The van der Waals surface area contributed by atoms with E-state index < -0.39 is 34.3 Å². The van der Waals surface area contributed by atoms with E-state index in [4.69, 9.17) is 9.15 Å². The van der Waals surface area contributed by atoms with Crippen LogP contribution in [0.3, 0.4) is 0 Å². The average molecular weight is 564 g/mol. The van der Waals surface area contributed by atoms with Crippen molar-refractivity contribution < 1.29 is 31.6 Å². The fourth-order valence-electron chi connectivity index (χ4n) is 3.66. The molecule has 9 nitrogen and oxygen atoms in total. The van der Waals surface area contributed by atoms with Crippen LogP contribution in [0.15, 0.2) is 99.3 Å². The lowest BCUT2D eigenvalue weighted by atomic mass is 10.1. The maximum absolute atomic E-state index is 13.4. The van der Waals surface area contributed by atoms with Gasteiger partial charge in [-0.2, -0.15) is 5.10 Å². The molecule has 3 aromatic carbocycles. The summed E-state index contributed by atoms with van der Waals surface area (Å²) in [5.41, 5.74) is 4.62. The molecule has 1 N–H and O–H groups in total. The van der Waals surface area contributed by atoms with Gasteiger partial charge < -0.3 is 9.15 Å². The quantitative estimate of drug-likeness (QED) is 0.166. The van der Waals surface area contributed by atoms with Crippen LogP contribution in [0.5, 0.6) is 0 Å². The molecular weight excluding hydrogens is 537 g/mol. The molecule has 40 heavy (non-hydrogen) atoms. The predicted octanol–water partition coefficient (Wildman–Crippen LogP) is 4.92. The van der Waals surface area contributed by atoms with Gasteiger partial charge in [-0.1, -0.05) is 29.8 Å². The molecule has 0 spiro atoms. The number of rotatable bonds is 10. The molecule has 0 bridgehead atoms. The summed E-state index contributed by atoms with van der Waals surface area (Å²) in [6.07, 6.45) is 1.28. The van der Waals surface area contributed by atoms with Gasteiger partial charge in [0, 0.05) is 5.56 Å². The molecule has 0 saturated carbocycles. The van der Waals surface area contributed by atoms with E-state index in [2.05, 4.69) is 10.5 Å². The van der Waals surface area contributed by atoms with Gasteiger partial charge in [0.25, 0.3) is 15.9 Å². The molecule has 0 unspecified atom stereocenters. The Balaban J connectivity index is 1.45. The number of amides is 1. The van der Waals surface area contributed by atoms with Gasteiger partial charge in [-0.05, 0) is 74.5 Å². The lowest BCUT2D eigenvalue weighted by Crippen LogP contribution is -2.39. The van der Waals surface area contributed by atoms with Gasteiger partial charge in [0.05, 0.1) is 29.0 Å². The number of carbonyl (C=O) groups is 2. The number of sulfonamides is 1. The Morgan fingerprint density at radius 3 is 2.30 bits per heavy atom. The number of hydrogen-bond donors (Lipinski definition) is 1. The van der Waals surface area contributed by atoms with Crippen LogP contribution in [-0.4, -0.2) is 39.7 Å². The molecule has 1 amide bonds. The highest BCUT2D eigenvalue weighted by Gasteiger charge is 2.27. The zero-order chi connectivity index (χ0) is 28.7. The molecule has 11 heteroatoms. The van der Waals surface area contributed by atoms with Crippen molar-refractivity contribution in [1.82, 2.24) is 5.43 Å². The van der Waals surface area contributed by atoms with Crippen LogP contribution >= 0.6 is 0 Å². The Kier molecular flexibility index (Phi) is 8.75. The molecule has 0 atom stereocenters. The van der Waals surface area contributed by atoms with E-state index in [9.17, 15) is 22.4 Å². The fraction of sp³-hybridized carbons (Fsp3) is 0.138. The lowest BCUT2D eigenvalue weighted by Gasteiger charge is -2.23. The van der Waals surface area contributed by atoms with Crippen molar-refractivity contribution in [1.29, 1.82) is 0 Å². The summed E-state index contributed by atoms with van der Waals surface area (Å²) in [6, 6.07) is 21.0. The van der Waals surface area contributed by atoms with Crippen molar-refractivity contribution in [3.63, 3.8) is 0 Å². The molecule has 0 radical (unpaired) electrons. The number of halogens is 1. The number of carbonyl (C=O) groups excluding carboxylic acids is 2. The first-order valence-corrected chi connectivity index (χ1v) is 13.7. The highest BCUT2D eigenvalue weighted by molar-refractivity contribution is 7.92. The molecule has 0 aliphatic heterocycles. The minimum absolute atomic E-state index is 0.163. The first-order chi connectivity index (χ1) is 19.2. The number of hydrazone groups is 1. The second-order valence-corrected chi connectivity index (χ2v) is 10.5. The second kappa shape index (κ2) is 12.4. The maximum atomic E-state index is 13.4. The standard InChI is InChI=1S/C29H26FN3O6S/c1-3-38-29(35)22-8-6-21(7-9-22)27-17-14-25(39-27)18-31-32-28(34)19-33(24-12-4-20(2)5-13-24)40(36,37)26-15-10-23(30)11-16-26/h4-18H,3,19H2,1-2H3,(H,32,34)/b31-18-. The molecule has 0 aliphatic carbocycles. The monoisotopic (exact) mass is 563 g/mol. The molecule has 1 aromatic heterocycles. The van der Waals surface area contributed by atoms with E-state index in [-0.39, 0.29) is 17.2 Å². The van der Waals surface area contributed by atoms with Crippen LogP contribution in [-0.2, 0) is 19.6 Å². The number of esters is 1. The van der Waals surface area contributed by atoms with E-state index in [0.717, 1.165) is 39.7 Å². The van der Waals surface area contributed by atoms with Crippen molar-refractivity contribution in [2.45, 2.75) is 18.7 Å². The van der Waals surface area contributed by atoms with Crippen LogP contribution in [0.4, 0.5) is 10.1 Å². The lowest BCUT2D eigenvalue weighted by molar-refractivity contribution is -0.119. The number of furan rings is 1. The van der Waals surface area contributed by atoms with Crippen LogP contribution < -0.4 is 9.73 Å². The Bertz CT molecular complexity index is 1610. The molecule has 206 valence electrons. The number of benzene rings is 3. The summed E-state index contributed by atoms with van der Waals surface area (Å²) in [5.74, 6) is -0.854. The Hall–Kier alpha value is -4.77. The van der Waals surface area contributed by atoms with Crippen molar-refractivity contribution in [3.8, 4) is 11.3 Å². The Morgan fingerprint density at radius 2 is 1.65 bits per heavy atom. The van der Waals surface area contributed by atoms with Gasteiger partial charge in [0.2, 0.25) is 0 Å². The third-order valence-electron chi connectivity index (χ3n) is 5.70. The van der Waals surface area contributed by atoms with Gasteiger partial charge in [-0.25, -0.2) is 23.0 Å². The fourth-order valence-corrected chi connectivity index (χ4v) is 5.08. The summed E-state index contributed by atoms with van der Waals surface area (Å²) in [4.78, 5) is 24.4. The normalized spacial score (nSPS) is 11.4. The Morgan fingerprint density at radius 1 is 0.975 bits per heavy atom. The average Bonchev–Trinajstić information content (AvgIpc) is 3.42. The minimum Gasteiger partial charge on any atom is -0.462 e. The summed E-state index contributed by atoms with van der Waals surface area (Å²) in [6.45, 7) is 3.29. The topological polar surface area (TPSA) is 118 Å². The van der Waals surface area contributed by atoms with Crippen LogP contribution in [0.1, 0.15) is 28.6 Å². The first-order valence-electron chi connectivity index (χ1n) is 12.2. The molecule has 0 aliphatic rings. The van der Waals surface area contributed by atoms with Gasteiger partial charge >= 0.3 is 5.97 Å². The van der Waals surface area contributed by atoms with Crippen molar-refractivity contribution in [2.24, 2.45) is 5.10 Å².